The minimum Gasteiger partial charge on any atom is -0.453 e. The van der Waals surface area contributed by atoms with Crippen LogP contribution in [0.25, 0.3) is 0 Å². The third-order valence-electron chi connectivity index (χ3n) is 4.35. The van der Waals surface area contributed by atoms with E-state index >= 15 is 0 Å². The van der Waals surface area contributed by atoms with Crippen LogP contribution in [-0.2, 0) is 18.8 Å². The Hall–Kier alpha value is -2.00. The molecule has 2 N–H and O–H groups in total. The van der Waals surface area contributed by atoms with Gasteiger partial charge in [-0.3, -0.25) is 9.59 Å². The molecule has 1 rings (SSSR count). The van der Waals surface area contributed by atoms with E-state index < -0.39 is 26.3 Å². The molecule has 0 aliphatic heterocycles. The van der Waals surface area contributed by atoms with Crippen molar-refractivity contribution in [2.24, 2.45) is 0 Å². The Labute approximate surface area is 156 Å². The summed E-state index contributed by atoms with van der Waals surface area (Å²) in [6.07, 6.45) is 1.98. The molecule has 0 aromatic carbocycles. The highest BCUT2D eigenvalue weighted by molar-refractivity contribution is 6.74. The first-order valence-corrected chi connectivity index (χ1v) is 11.5. The number of esters is 1. The van der Waals surface area contributed by atoms with Crippen LogP contribution in [0.1, 0.15) is 34.6 Å². The van der Waals surface area contributed by atoms with Crippen LogP contribution >= 0.6 is 0 Å². The fraction of sp³-hybridized carbons (Fsp3) is 0.647. The molecular formula is C17H30N4O4Si. The van der Waals surface area contributed by atoms with Gasteiger partial charge in [-0.1, -0.05) is 20.8 Å². The number of ether oxygens (including phenoxy) is 1. The number of anilines is 2. The lowest BCUT2D eigenvalue weighted by Crippen LogP contribution is -2.41. The molecule has 0 saturated heterocycles. The number of nitrogens with zero attached hydrogens (tertiary/aromatic N) is 2. The predicted molar refractivity (Wildman–Crippen MR) is 104 cm³/mol. The second-order valence-electron chi connectivity index (χ2n) is 7.56. The smallest absolute Gasteiger partial charge is 0.303 e. The fourth-order valence-corrected chi connectivity index (χ4v) is 2.84. The summed E-state index contributed by atoms with van der Waals surface area (Å²) >= 11 is 0. The topological polar surface area (TPSA) is 102 Å². The van der Waals surface area contributed by atoms with Crippen molar-refractivity contribution in [3.8, 4) is 0 Å². The van der Waals surface area contributed by atoms with Gasteiger partial charge >= 0.3 is 5.97 Å². The molecule has 1 heterocycles. The van der Waals surface area contributed by atoms with Crippen LogP contribution < -0.4 is 10.6 Å². The molecule has 1 amide bonds. The summed E-state index contributed by atoms with van der Waals surface area (Å²) in [5.41, 5.74) is 0.420. The summed E-state index contributed by atoms with van der Waals surface area (Å²) in [7, 11) is -1.80. The van der Waals surface area contributed by atoms with E-state index in [2.05, 4.69) is 54.5 Å². The van der Waals surface area contributed by atoms with Gasteiger partial charge in [-0.25, -0.2) is 9.97 Å². The lowest BCUT2D eigenvalue weighted by atomic mass is 10.2. The van der Waals surface area contributed by atoms with Crippen molar-refractivity contribution in [3.63, 3.8) is 0 Å². The van der Waals surface area contributed by atoms with Crippen LogP contribution in [0, 0.1) is 0 Å². The van der Waals surface area contributed by atoms with Gasteiger partial charge in [0.15, 0.2) is 20.2 Å². The summed E-state index contributed by atoms with van der Waals surface area (Å²) in [6.45, 7) is 14.8. The summed E-state index contributed by atoms with van der Waals surface area (Å²) in [5, 5.41) is 5.95. The quantitative estimate of drug-likeness (QED) is 0.405. The SMILES string of the molecule is CC(=O)OC(C)C(=O)Nc1cncnc1NCCO[Si](C)(C)C(C)(C)C. The summed E-state index contributed by atoms with van der Waals surface area (Å²) in [4.78, 5) is 31.1. The highest BCUT2D eigenvalue weighted by Gasteiger charge is 2.36. The largest absolute Gasteiger partial charge is 0.453 e. The van der Waals surface area contributed by atoms with Crippen molar-refractivity contribution in [2.45, 2.75) is 58.9 Å². The standard InChI is InChI=1S/C17H30N4O4Si/c1-12(25-13(2)22)16(23)21-14-10-18-11-20-15(14)19-8-9-24-26(6,7)17(3,4)5/h10-12H,8-9H2,1-7H3,(H,21,23)(H,18,19,20). The maximum atomic E-state index is 12.1. The van der Waals surface area contributed by atoms with Gasteiger partial charge in [0.2, 0.25) is 0 Å². The van der Waals surface area contributed by atoms with Crippen molar-refractivity contribution in [1.29, 1.82) is 0 Å². The highest BCUT2D eigenvalue weighted by atomic mass is 28.4. The maximum Gasteiger partial charge on any atom is 0.303 e. The Balaban J connectivity index is 2.62. The summed E-state index contributed by atoms with van der Waals surface area (Å²) in [6, 6.07) is 0. The van der Waals surface area contributed by atoms with Gasteiger partial charge in [0, 0.05) is 13.5 Å². The zero-order chi connectivity index (χ0) is 20.0. The van der Waals surface area contributed by atoms with Crippen LogP contribution in [0.2, 0.25) is 18.1 Å². The van der Waals surface area contributed by atoms with Gasteiger partial charge in [0.05, 0.1) is 12.8 Å². The normalized spacial score (nSPS) is 13.0. The zero-order valence-electron chi connectivity index (χ0n) is 16.7. The third kappa shape index (κ3) is 6.72. The van der Waals surface area contributed by atoms with Crippen LogP contribution in [0.5, 0.6) is 0 Å². The van der Waals surface area contributed by atoms with E-state index in [0.717, 1.165) is 0 Å². The van der Waals surface area contributed by atoms with E-state index in [1.165, 1.54) is 26.4 Å². The molecule has 0 spiro atoms. The van der Waals surface area contributed by atoms with Crippen LogP contribution in [0.4, 0.5) is 11.5 Å². The Morgan fingerprint density at radius 2 is 1.96 bits per heavy atom. The van der Waals surface area contributed by atoms with E-state index in [-0.39, 0.29) is 5.04 Å². The van der Waals surface area contributed by atoms with Crippen molar-refractivity contribution in [1.82, 2.24) is 9.97 Å². The molecule has 8 nitrogen and oxygen atoms in total. The molecule has 1 aromatic rings. The number of carbonyl (C=O) groups is 2. The number of carbonyl (C=O) groups excluding carboxylic acids is 2. The lowest BCUT2D eigenvalue weighted by molar-refractivity contribution is -0.150. The van der Waals surface area contributed by atoms with Crippen LogP contribution in [-0.4, -0.2) is 49.4 Å². The molecule has 0 saturated carbocycles. The van der Waals surface area contributed by atoms with Gasteiger partial charge in [0.1, 0.15) is 12.0 Å². The van der Waals surface area contributed by atoms with E-state index in [9.17, 15) is 9.59 Å². The lowest BCUT2D eigenvalue weighted by Gasteiger charge is -2.36. The summed E-state index contributed by atoms with van der Waals surface area (Å²) in [5.74, 6) is -0.476. The Morgan fingerprint density at radius 3 is 2.54 bits per heavy atom. The second-order valence-corrected chi connectivity index (χ2v) is 12.4. The number of rotatable bonds is 8. The Bertz CT molecular complexity index is 631. The van der Waals surface area contributed by atoms with E-state index in [4.69, 9.17) is 9.16 Å². The second kappa shape index (κ2) is 9.09. The zero-order valence-corrected chi connectivity index (χ0v) is 17.7. The van der Waals surface area contributed by atoms with Crippen molar-refractivity contribution in [3.05, 3.63) is 12.5 Å². The molecule has 1 unspecified atom stereocenters. The molecule has 1 atom stereocenters. The Morgan fingerprint density at radius 1 is 1.31 bits per heavy atom. The molecule has 0 fully saturated rings. The average molecular weight is 383 g/mol. The van der Waals surface area contributed by atoms with E-state index in [1.807, 2.05) is 0 Å². The van der Waals surface area contributed by atoms with Crippen molar-refractivity contribution >= 4 is 31.7 Å². The molecule has 146 valence electrons. The molecule has 9 heteroatoms. The van der Waals surface area contributed by atoms with Gasteiger partial charge in [-0.15, -0.1) is 0 Å². The minimum absolute atomic E-state index is 0.147. The first-order chi connectivity index (χ1) is 11.9. The number of amides is 1. The van der Waals surface area contributed by atoms with Gasteiger partial charge in [-0.2, -0.15) is 0 Å². The van der Waals surface area contributed by atoms with E-state index in [0.29, 0.717) is 24.7 Å². The molecule has 0 radical (unpaired) electrons. The molecule has 0 aliphatic carbocycles. The predicted octanol–water partition coefficient (Wildman–Crippen LogP) is 2.80. The first-order valence-electron chi connectivity index (χ1n) is 8.60. The van der Waals surface area contributed by atoms with Crippen LogP contribution in [0.3, 0.4) is 0 Å². The summed E-state index contributed by atoms with van der Waals surface area (Å²) < 4.78 is 11.0. The van der Waals surface area contributed by atoms with Crippen molar-refractivity contribution < 1.29 is 18.8 Å². The van der Waals surface area contributed by atoms with Gasteiger partial charge < -0.3 is 19.8 Å². The first kappa shape index (κ1) is 22.0. The highest BCUT2D eigenvalue weighted by Crippen LogP contribution is 2.36. The average Bonchev–Trinajstić information content (AvgIpc) is 2.51. The van der Waals surface area contributed by atoms with Gasteiger partial charge in [-0.05, 0) is 25.1 Å². The van der Waals surface area contributed by atoms with E-state index in [1.54, 1.807) is 0 Å². The fourth-order valence-electron chi connectivity index (χ4n) is 1.79. The molecular weight excluding hydrogens is 352 g/mol. The third-order valence-corrected chi connectivity index (χ3v) is 8.88. The number of aromatic nitrogens is 2. The van der Waals surface area contributed by atoms with Gasteiger partial charge in [0.25, 0.3) is 5.91 Å². The molecule has 1 aromatic heterocycles. The molecule has 0 aliphatic rings. The molecule has 0 bridgehead atoms. The van der Waals surface area contributed by atoms with Crippen LogP contribution in [0.15, 0.2) is 12.5 Å². The monoisotopic (exact) mass is 382 g/mol. The number of hydrogen-bond donors (Lipinski definition) is 2. The minimum atomic E-state index is -1.80. The maximum absolute atomic E-state index is 12.1. The number of nitrogens with one attached hydrogen (secondary N) is 2. The Kier molecular flexibility index (Phi) is 7.70. The molecule has 26 heavy (non-hydrogen) atoms. The number of hydrogen-bond acceptors (Lipinski definition) is 7. The van der Waals surface area contributed by atoms with Crippen molar-refractivity contribution in [2.75, 3.05) is 23.8 Å².